The van der Waals surface area contributed by atoms with Crippen molar-refractivity contribution < 1.29 is 9.53 Å². The van der Waals surface area contributed by atoms with E-state index in [9.17, 15) is 4.79 Å². The third kappa shape index (κ3) is 6.21. The molecule has 3 rings (SSSR count). The van der Waals surface area contributed by atoms with Crippen LogP contribution in [0.4, 0.5) is 0 Å². The number of amides is 1. The fourth-order valence-electron chi connectivity index (χ4n) is 4.07. The fraction of sp³-hybridized carbons (Fsp3) is 0.458. The smallest absolute Gasteiger partial charge is 0.223 e. The summed E-state index contributed by atoms with van der Waals surface area (Å²) in [5.41, 5.74) is 2.09. The van der Waals surface area contributed by atoms with Gasteiger partial charge < -0.3 is 10.1 Å². The number of hydrogen-bond acceptors (Lipinski definition) is 2. The zero-order chi connectivity index (χ0) is 21.0. The van der Waals surface area contributed by atoms with Crippen molar-refractivity contribution in [3.05, 3.63) is 69.7 Å². The minimum atomic E-state index is -0.248. The standard InChI is InChI=1S/C24H29Cl2NO2/c1-16(27-23(28)19-12-13-29-24(2,3)15-19)22(18-6-10-21(26)11-7-18)14-17-4-8-20(25)9-5-17/h4-11,16,19,22H,12-15H2,1-3H3,(H,27,28). The average Bonchev–Trinajstić information content (AvgIpc) is 2.67. The SMILES string of the molecule is CC(NC(=O)C1CCOC(C)(C)C1)C(Cc1ccc(Cl)cc1)c1ccc(Cl)cc1. The highest BCUT2D eigenvalue weighted by molar-refractivity contribution is 6.30. The molecule has 1 fully saturated rings. The van der Waals surface area contributed by atoms with Crippen molar-refractivity contribution >= 4 is 29.1 Å². The van der Waals surface area contributed by atoms with Gasteiger partial charge in [0.15, 0.2) is 0 Å². The van der Waals surface area contributed by atoms with Crippen LogP contribution in [-0.2, 0) is 16.0 Å². The van der Waals surface area contributed by atoms with Crippen molar-refractivity contribution in [1.29, 1.82) is 0 Å². The second-order valence-electron chi connectivity index (χ2n) is 8.58. The second kappa shape index (κ2) is 9.51. The van der Waals surface area contributed by atoms with Gasteiger partial charge in [-0.05, 0) is 75.4 Å². The third-order valence-corrected chi connectivity index (χ3v) is 6.21. The molecule has 1 N–H and O–H groups in total. The summed E-state index contributed by atoms with van der Waals surface area (Å²) in [6.45, 7) is 6.81. The minimum Gasteiger partial charge on any atom is -0.376 e. The fourth-order valence-corrected chi connectivity index (χ4v) is 4.32. The highest BCUT2D eigenvalue weighted by Crippen LogP contribution is 2.30. The molecule has 0 spiro atoms. The molecule has 2 aromatic rings. The molecule has 2 aromatic carbocycles. The summed E-state index contributed by atoms with van der Waals surface area (Å²) in [5, 5.41) is 4.71. The Hall–Kier alpha value is -1.55. The van der Waals surface area contributed by atoms with Crippen LogP contribution >= 0.6 is 23.2 Å². The second-order valence-corrected chi connectivity index (χ2v) is 9.46. The van der Waals surface area contributed by atoms with Gasteiger partial charge in [-0.1, -0.05) is 47.5 Å². The molecule has 1 aliphatic heterocycles. The van der Waals surface area contributed by atoms with Crippen molar-refractivity contribution in [3.63, 3.8) is 0 Å². The molecular weight excluding hydrogens is 405 g/mol. The van der Waals surface area contributed by atoms with Crippen molar-refractivity contribution in [2.24, 2.45) is 5.92 Å². The van der Waals surface area contributed by atoms with E-state index < -0.39 is 0 Å². The van der Waals surface area contributed by atoms with Gasteiger partial charge in [-0.15, -0.1) is 0 Å². The van der Waals surface area contributed by atoms with E-state index in [2.05, 4.69) is 12.2 Å². The summed E-state index contributed by atoms with van der Waals surface area (Å²) in [4.78, 5) is 13.0. The van der Waals surface area contributed by atoms with Gasteiger partial charge >= 0.3 is 0 Å². The molecule has 156 valence electrons. The van der Waals surface area contributed by atoms with Crippen LogP contribution in [-0.4, -0.2) is 24.2 Å². The average molecular weight is 434 g/mol. The summed E-state index contributed by atoms with van der Waals surface area (Å²) in [7, 11) is 0. The molecular formula is C24H29Cl2NO2. The summed E-state index contributed by atoms with van der Waals surface area (Å²) >= 11 is 12.1. The zero-order valence-corrected chi connectivity index (χ0v) is 18.8. The summed E-state index contributed by atoms with van der Waals surface area (Å²) in [5.74, 6) is 0.233. The van der Waals surface area contributed by atoms with Crippen LogP contribution in [0, 0.1) is 5.92 Å². The Morgan fingerprint density at radius 1 is 1.10 bits per heavy atom. The summed E-state index contributed by atoms with van der Waals surface area (Å²) in [6, 6.07) is 15.8. The highest BCUT2D eigenvalue weighted by atomic mass is 35.5. The molecule has 1 amide bonds. The van der Waals surface area contributed by atoms with Crippen LogP contribution < -0.4 is 5.32 Å². The lowest BCUT2D eigenvalue weighted by atomic mass is 9.84. The molecule has 0 aliphatic carbocycles. The van der Waals surface area contributed by atoms with E-state index in [0.29, 0.717) is 11.6 Å². The molecule has 1 heterocycles. The number of rotatable bonds is 6. The Labute approximate surface area is 183 Å². The molecule has 3 unspecified atom stereocenters. The van der Waals surface area contributed by atoms with Crippen LogP contribution in [0.25, 0.3) is 0 Å². The van der Waals surface area contributed by atoms with Crippen molar-refractivity contribution in [3.8, 4) is 0 Å². The quantitative estimate of drug-likeness (QED) is 0.603. The maximum absolute atomic E-state index is 13.0. The monoisotopic (exact) mass is 433 g/mol. The Morgan fingerprint density at radius 2 is 1.69 bits per heavy atom. The Morgan fingerprint density at radius 3 is 2.28 bits per heavy atom. The van der Waals surface area contributed by atoms with Crippen molar-refractivity contribution in [1.82, 2.24) is 5.32 Å². The van der Waals surface area contributed by atoms with Gasteiger partial charge in [-0.3, -0.25) is 4.79 Å². The van der Waals surface area contributed by atoms with Gasteiger partial charge in [0.1, 0.15) is 0 Å². The zero-order valence-electron chi connectivity index (χ0n) is 17.3. The topological polar surface area (TPSA) is 38.3 Å². The van der Waals surface area contributed by atoms with E-state index in [1.807, 2.05) is 62.4 Å². The number of halogens is 2. The van der Waals surface area contributed by atoms with E-state index in [1.54, 1.807) is 0 Å². The predicted octanol–water partition coefficient (Wildman–Crippen LogP) is 6.03. The molecule has 1 aliphatic rings. The minimum absolute atomic E-state index is 0.0115. The Balaban J connectivity index is 1.76. The van der Waals surface area contributed by atoms with Gasteiger partial charge in [0.25, 0.3) is 0 Å². The summed E-state index contributed by atoms with van der Waals surface area (Å²) < 4.78 is 5.76. The van der Waals surface area contributed by atoms with Gasteiger partial charge in [-0.25, -0.2) is 0 Å². The van der Waals surface area contributed by atoms with Gasteiger partial charge in [-0.2, -0.15) is 0 Å². The first kappa shape index (κ1) is 22.1. The maximum Gasteiger partial charge on any atom is 0.223 e. The highest BCUT2D eigenvalue weighted by Gasteiger charge is 2.34. The lowest BCUT2D eigenvalue weighted by Crippen LogP contribution is -2.45. The van der Waals surface area contributed by atoms with Crippen LogP contribution in [0.1, 0.15) is 50.7 Å². The number of carbonyl (C=O) groups excluding carboxylic acids is 1. The van der Waals surface area contributed by atoms with Crippen molar-refractivity contribution in [2.45, 2.75) is 57.6 Å². The molecule has 5 heteroatoms. The first-order chi connectivity index (χ1) is 13.7. The van der Waals surface area contributed by atoms with E-state index in [0.717, 1.165) is 29.8 Å². The van der Waals surface area contributed by atoms with E-state index in [1.165, 1.54) is 5.56 Å². The Kier molecular flexibility index (Phi) is 7.26. The molecule has 3 nitrogen and oxygen atoms in total. The van der Waals surface area contributed by atoms with Gasteiger partial charge in [0, 0.05) is 34.5 Å². The van der Waals surface area contributed by atoms with Crippen LogP contribution in [0.5, 0.6) is 0 Å². The molecule has 3 atom stereocenters. The largest absolute Gasteiger partial charge is 0.376 e. The number of nitrogens with one attached hydrogen (secondary N) is 1. The number of hydrogen-bond donors (Lipinski definition) is 1. The molecule has 0 radical (unpaired) electrons. The molecule has 0 aromatic heterocycles. The summed E-state index contributed by atoms with van der Waals surface area (Å²) in [6.07, 6.45) is 2.32. The first-order valence-corrected chi connectivity index (χ1v) is 10.9. The Bertz CT molecular complexity index is 818. The number of ether oxygens (including phenoxy) is 1. The molecule has 1 saturated heterocycles. The molecule has 0 bridgehead atoms. The van der Waals surface area contributed by atoms with Crippen LogP contribution in [0.15, 0.2) is 48.5 Å². The normalized spacial score (nSPS) is 20.7. The van der Waals surface area contributed by atoms with Gasteiger partial charge in [0.05, 0.1) is 5.60 Å². The number of benzene rings is 2. The van der Waals surface area contributed by atoms with Crippen LogP contribution in [0.3, 0.4) is 0 Å². The molecule has 29 heavy (non-hydrogen) atoms. The van der Waals surface area contributed by atoms with Crippen molar-refractivity contribution in [2.75, 3.05) is 6.61 Å². The predicted molar refractivity (Wildman–Crippen MR) is 120 cm³/mol. The first-order valence-electron chi connectivity index (χ1n) is 10.2. The van der Waals surface area contributed by atoms with E-state index in [4.69, 9.17) is 27.9 Å². The lowest BCUT2D eigenvalue weighted by molar-refractivity contribution is -0.135. The van der Waals surface area contributed by atoms with Gasteiger partial charge in [0.2, 0.25) is 5.91 Å². The van der Waals surface area contributed by atoms with E-state index >= 15 is 0 Å². The maximum atomic E-state index is 13.0. The molecule has 0 saturated carbocycles. The third-order valence-electron chi connectivity index (χ3n) is 5.71. The number of carbonyl (C=O) groups is 1. The lowest BCUT2D eigenvalue weighted by Gasteiger charge is -2.36. The van der Waals surface area contributed by atoms with Crippen LogP contribution in [0.2, 0.25) is 10.0 Å². The van der Waals surface area contributed by atoms with E-state index in [-0.39, 0.29) is 29.4 Å².